The summed E-state index contributed by atoms with van der Waals surface area (Å²) < 4.78 is 0. The van der Waals surface area contributed by atoms with Crippen molar-refractivity contribution in [3.05, 3.63) is 59.9 Å². The SMILES string of the molecule is Cc1nccc(CNCc2cnc3ccccc3n2)n1. The van der Waals surface area contributed by atoms with Crippen LogP contribution in [-0.2, 0) is 13.1 Å². The fourth-order valence-electron chi connectivity index (χ4n) is 2.00. The molecule has 0 atom stereocenters. The largest absolute Gasteiger partial charge is 0.305 e. The van der Waals surface area contributed by atoms with Crippen LogP contribution >= 0.6 is 0 Å². The second-order valence-electron chi connectivity index (χ2n) is 4.55. The molecule has 2 aromatic heterocycles. The summed E-state index contributed by atoms with van der Waals surface area (Å²) in [6, 6.07) is 9.78. The van der Waals surface area contributed by atoms with Gasteiger partial charge < -0.3 is 5.32 Å². The van der Waals surface area contributed by atoms with Gasteiger partial charge in [-0.15, -0.1) is 0 Å². The molecule has 0 radical (unpaired) electrons. The molecule has 0 unspecified atom stereocenters. The second kappa shape index (κ2) is 5.71. The predicted molar refractivity (Wildman–Crippen MR) is 76.9 cm³/mol. The van der Waals surface area contributed by atoms with E-state index >= 15 is 0 Å². The molecule has 0 aliphatic carbocycles. The number of nitrogens with zero attached hydrogens (tertiary/aromatic N) is 4. The first kappa shape index (κ1) is 12.6. The number of aryl methyl sites for hydroxylation is 1. The molecule has 0 aliphatic rings. The van der Waals surface area contributed by atoms with Crippen LogP contribution in [0.4, 0.5) is 0 Å². The van der Waals surface area contributed by atoms with Crippen LogP contribution in [0.1, 0.15) is 17.2 Å². The zero-order valence-corrected chi connectivity index (χ0v) is 11.2. The van der Waals surface area contributed by atoms with E-state index in [-0.39, 0.29) is 0 Å². The minimum Gasteiger partial charge on any atom is -0.305 e. The molecule has 3 rings (SSSR count). The van der Waals surface area contributed by atoms with Gasteiger partial charge in [-0.05, 0) is 25.1 Å². The Kier molecular flexibility index (Phi) is 3.60. The molecular weight excluding hydrogens is 250 g/mol. The minimum atomic E-state index is 0.668. The summed E-state index contributed by atoms with van der Waals surface area (Å²) >= 11 is 0. The van der Waals surface area contributed by atoms with Gasteiger partial charge in [0.2, 0.25) is 0 Å². The van der Waals surface area contributed by atoms with Gasteiger partial charge in [0.15, 0.2) is 0 Å². The summed E-state index contributed by atoms with van der Waals surface area (Å²) in [5, 5.41) is 3.32. The first-order valence-electron chi connectivity index (χ1n) is 6.51. The Morgan fingerprint density at radius 3 is 2.55 bits per heavy atom. The van der Waals surface area contributed by atoms with Crippen molar-refractivity contribution in [2.75, 3.05) is 0 Å². The molecular formula is C15H15N5. The highest BCUT2D eigenvalue weighted by Crippen LogP contribution is 2.08. The lowest BCUT2D eigenvalue weighted by molar-refractivity contribution is 0.663. The third-order valence-electron chi connectivity index (χ3n) is 2.94. The maximum absolute atomic E-state index is 4.57. The van der Waals surface area contributed by atoms with Gasteiger partial charge in [-0.3, -0.25) is 4.98 Å². The van der Waals surface area contributed by atoms with E-state index in [4.69, 9.17) is 0 Å². The average Bonchev–Trinajstić information content (AvgIpc) is 2.47. The summed E-state index contributed by atoms with van der Waals surface area (Å²) in [7, 11) is 0. The maximum Gasteiger partial charge on any atom is 0.125 e. The topological polar surface area (TPSA) is 63.6 Å². The van der Waals surface area contributed by atoms with Crippen molar-refractivity contribution in [2.24, 2.45) is 0 Å². The first-order chi connectivity index (χ1) is 9.81. The van der Waals surface area contributed by atoms with Gasteiger partial charge in [-0.25, -0.2) is 15.0 Å². The van der Waals surface area contributed by atoms with Gasteiger partial charge in [0.05, 0.1) is 28.6 Å². The van der Waals surface area contributed by atoms with Gasteiger partial charge in [0.1, 0.15) is 5.82 Å². The van der Waals surface area contributed by atoms with Crippen LogP contribution in [0.15, 0.2) is 42.7 Å². The van der Waals surface area contributed by atoms with Crippen molar-refractivity contribution in [3.8, 4) is 0 Å². The molecule has 0 fully saturated rings. The van der Waals surface area contributed by atoms with Crippen LogP contribution in [0, 0.1) is 6.92 Å². The Balaban J connectivity index is 1.65. The van der Waals surface area contributed by atoms with E-state index in [9.17, 15) is 0 Å². The molecule has 0 amide bonds. The number of para-hydroxylation sites is 2. The maximum atomic E-state index is 4.57. The van der Waals surface area contributed by atoms with E-state index in [2.05, 4.69) is 25.3 Å². The lowest BCUT2D eigenvalue weighted by Crippen LogP contribution is -2.15. The number of aromatic nitrogens is 4. The zero-order chi connectivity index (χ0) is 13.8. The molecule has 0 spiro atoms. The Bertz CT molecular complexity index is 726. The number of fused-ring (bicyclic) bond motifs is 1. The van der Waals surface area contributed by atoms with Crippen molar-refractivity contribution >= 4 is 11.0 Å². The summed E-state index contributed by atoms with van der Waals surface area (Å²) in [6.45, 7) is 3.25. The Morgan fingerprint density at radius 1 is 0.900 bits per heavy atom. The number of hydrogen-bond acceptors (Lipinski definition) is 5. The number of hydrogen-bond donors (Lipinski definition) is 1. The molecule has 20 heavy (non-hydrogen) atoms. The molecule has 1 aromatic carbocycles. The Labute approximate surface area is 117 Å². The van der Waals surface area contributed by atoms with Crippen LogP contribution in [0.3, 0.4) is 0 Å². The lowest BCUT2D eigenvalue weighted by atomic mass is 10.3. The summed E-state index contributed by atoms with van der Waals surface area (Å²) in [4.78, 5) is 17.4. The van der Waals surface area contributed by atoms with E-state index in [0.29, 0.717) is 13.1 Å². The van der Waals surface area contributed by atoms with E-state index in [0.717, 1.165) is 28.2 Å². The number of benzene rings is 1. The van der Waals surface area contributed by atoms with E-state index in [1.165, 1.54) is 0 Å². The summed E-state index contributed by atoms with van der Waals surface area (Å²) in [6.07, 6.45) is 3.58. The van der Waals surface area contributed by atoms with Crippen molar-refractivity contribution in [1.82, 2.24) is 25.3 Å². The normalized spacial score (nSPS) is 10.8. The van der Waals surface area contributed by atoms with Crippen LogP contribution in [0.2, 0.25) is 0 Å². The van der Waals surface area contributed by atoms with Gasteiger partial charge >= 0.3 is 0 Å². The highest BCUT2D eigenvalue weighted by atomic mass is 14.9. The van der Waals surface area contributed by atoms with Gasteiger partial charge in [0, 0.05) is 19.3 Å². The number of rotatable bonds is 4. The third kappa shape index (κ3) is 2.95. The molecule has 5 heteroatoms. The molecule has 100 valence electrons. The van der Waals surface area contributed by atoms with E-state index in [1.807, 2.05) is 37.3 Å². The molecule has 3 aromatic rings. The van der Waals surface area contributed by atoms with Crippen LogP contribution < -0.4 is 5.32 Å². The van der Waals surface area contributed by atoms with E-state index < -0.39 is 0 Å². The Hall–Kier alpha value is -2.40. The van der Waals surface area contributed by atoms with Crippen LogP contribution in [-0.4, -0.2) is 19.9 Å². The minimum absolute atomic E-state index is 0.668. The van der Waals surface area contributed by atoms with Crippen molar-refractivity contribution in [2.45, 2.75) is 20.0 Å². The third-order valence-corrected chi connectivity index (χ3v) is 2.94. The standard InChI is InChI=1S/C15H15N5/c1-11-17-7-6-12(19-11)8-16-9-13-10-18-14-4-2-3-5-15(14)20-13/h2-7,10,16H,8-9H2,1H3. The monoisotopic (exact) mass is 265 g/mol. The molecule has 0 saturated carbocycles. The van der Waals surface area contributed by atoms with Crippen LogP contribution in [0.5, 0.6) is 0 Å². The zero-order valence-electron chi connectivity index (χ0n) is 11.2. The fourth-order valence-corrected chi connectivity index (χ4v) is 2.00. The van der Waals surface area contributed by atoms with Gasteiger partial charge in [-0.2, -0.15) is 0 Å². The van der Waals surface area contributed by atoms with Crippen molar-refractivity contribution < 1.29 is 0 Å². The van der Waals surface area contributed by atoms with Gasteiger partial charge in [-0.1, -0.05) is 12.1 Å². The van der Waals surface area contributed by atoms with Gasteiger partial charge in [0.25, 0.3) is 0 Å². The number of nitrogens with one attached hydrogen (secondary N) is 1. The Morgan fingerprint density at radius 2 is 1.70 bits per heavy atom. The lowest BCUT2D eigenvalue weighted by Gasteiger charge is -2.05. The summed E-state index contributed by atoms with van der Waals surface area (Å²) in [5.74, 6) is 0.787. The molecule has 1 N–H and O–H groups in total. The highest BCUT2D eigenvalue weighted by Gasteiger charge is 2.00. The quantitative estimate of drug-likeness (QED) is 0.782. The molecule has 5 nitrogen and oxygen atoms in total. The molecule has 0 bridgehead atoms. The first-order valence-corrected chi connectivity index (χ1v) is 6.51. The smallest absolute Gasteiger partial charge is 0.125 e. The highest BCUT2D eigenvalue weighted by molar-refractivity contribution is 5.73. The second-order valence-corrected chi connectivity index (χ2v) is 4.55. The van der Waals surface area contributed by atoms with E-state index in [1.54, 1.807) is 12.4 Å². The molecule has 0 aliphatic heterocycles. The predicted octanol–water partition coefficient (Wildman–Crippen LogP) is 2.02. The van der Waals surface area contributed by atoms with Crippen molar-refractivity contribution in [3.63, 3.8) is 0 Å². The van der Waals surface area contributed by atoms with Crippen molar-refractivity contribution in [1.29, 1.82) is 0 Å². The molecule has 2 heterocycles. The fraction of sp³-hybridized carbons (Fsp3) is 0.200. The summed E-state index contributed by atoms with van der Waals surface area (Å²) in [5.41, 5.74) is 3.74. The average molecular weight is 265 g/mol. The van der Waals surface area contributed by atoms with Crippen LogP contribution in [0.25, 0.3) is 11.0 Å². The molecule has 0 saturated heterocycles.